The number of sulfonamides is 1. The van der Waals surface area contributed by atoms with E-state index >= 15 is 0 Å². The maximum Gasteiger partial charge on any atom is 0.547 e. The van der Waals surface area contributed by atoms with Crippen LogP contribution in [0.3, 0.4) is 0 Å². The summed E-state index contributed by atoms with van der Waals surface area (Å²) in [6.07, 6.45) is 0.481. The molecule has 26 heavy (non-hydrogen) atoms. The molecule has 0 bridgehead atoms. The summed E-state index contributed by atoms with van der Waals surface area (Å²) < 4.78 is 56.2. The monoisotopic (exact) mass is 392 g/mol. The van der Waals surface area contributed by atoms with Gasteiger partial charge in [-0.1, -0.05) is 0 Å². The number of carboxylic acid groups (broad SMARTS) is 1. The van der Waals surface area contributed by atoms with Crippen LogP contribution in [-0.2, 0) is 21.2 Å². The highest BCUT2D eigenvalue weighted by Gasteiger charge is 2.39. The van der Waals surface area contributed by atoms with Gasteiger partial charge < -0.3 is 20.1 Å². The third kappa shape index (κ3) is 4.68. The van der Waals surface area contributed by atoms with Crippen LogP contribution in [0.2, 0.25) is 0 Å². The number of rotatable bonds is 6. The van der Waals surface area contributed by atoms with Crippen molar-refractivity contribution in [3.63, 3.8) is 0 Å². The third-order valence-corrected chi connectivity index (χ3v) is 4.28. The number of benzene rings is 1. The summed E-state index contributed by atoms with van der Waals surface area (Å²) in [6, 6.07) is 0.730. The average Bonchev–Trinajstić information content (AvgIpc) is 2.48. The van der Waals surface area contributed by atoms with Crippen molar-refractivity contribution in [2.75, 3.05) is 12.8 Å². The zero-order valence-corrected chi connectivity index (χ0v) is 14.3. The molecule has 9 nitrogen and oxygen atoms in total. The summed E-state index contributed by atoms with van der Waals surface area (Å²) in [6.45, 7) is -0.173. The Bertz CT molecular complexity index is 849. The van der Waals surface area contributed by atoms with Crippen molar-refractivity contribution in [1.82, 2.24) is 10.0 Å². The Morgan fingerprint density at radius 3 is 2.65 bits per heavy atom. The lowest BCUT2D eigenvalue weighted by Crippen LogP contribution is -2.53. The first-order valence-electron chi connectivity index (χ1n) is 7.32. The maximum atomic E-state index is 13.7. The van der Waals surface area contributed by atoms with Gasteiger partial charge in [0.25, 0.3) is 0 Å². The Balaban J connectivity index is 2.12. The van der Waals surface area contributed by atoms with Gasteiger partial charge in [0.1, 0.15) is 11.3 Å². The summed E-state index contributed by atoms with van der Waals surface area (Å²) in [5.74, 6) is -6.97. The molecule has 0 spiro atoms. The molecular weight excluding hydrogens is 377 g/mol. The van der Waals surface area contributed by atoms with Gasteiger partial charge in [0.05, 0.1) is 12.2 Å². The third-order valence-electron chi connectivity index (χ3n) is 3.55. The smallest absolute Gasteiger partial charge is 0.534 e. The van der Waals surface area contributed by atoms with Gasteiger partial charge in [-0.25, -0.2) is 26.7 Å². The minimum absolute atomic E-state index is 0.0360. The van der Waals surface area contributed by atoms with E-state index in [9.17, 15) is 31.8 Å². The van der Waals surface area contributed by atoms with Gasteiger partial charge in [0, 0.05) is 13.0 Å². The molecule has 1 aliphatic heterocycles. The normalized spacial score (nSPS) is 16.6. The lowest BCUT2D eigenvalue weighted by molar-refractivity contribution is -0.121. The summed E-state index contributed by atoms with van der Waals surface area (Å²) in [7, 11) is -5.16. The maximum absolute atomic E-state index is 13.7. The molecule has 1 unspecified atom stereocenters. The molecule has 4 N–H and O–H groups in total. The van der Waals surface area contributed by atoms with Crippen molar-refractivity contribution in [2.45, 2.75) is 18.8 Å². The number of hydrogen-bond donors (Lipinski definition) is 4. The first-order chi connectivity index (χ1) is 12.0. The molecule has 1 atom stereocenters. The first kappa shape index (κ1) is 20.1. The van der Waals surface area contributed by atoms with Crippen LogP contribution in [0, 0.1) is 11.6 Å². The van der Waals surface area contributed by atoms with Gasteiger partial charge in [0.15, 0.2) is 11.6 Å². The number of carboxylic acids is 1. The molecule has 1 aliphatic rings. The quantitative estimate of drug-likeness (QED) is 0.457. The molecule has 142 valence electrons. The van der Waals surface area contributed by atoms with Crippen molar-refractivity contribution in [1.29, 1.82) is 0 Å². The zero-order chi connectivity index (χ0) is 19.6. The molecule has 1 aromatic carbocycles. The predicted octanol–water partition coefficient (Wildman–Crippen LogP) is -0.958. The van der Waals surface area contributed by atoms with E-state index in [1.807, 2.05) is 0 Å². The van der Waals surface area contributed by atoms with Crippen LogP contribution in [0.1, 0.15) is 22.3 Å². The van der Waals surface area contributed by atoms with Crippen molar-refractivity contribution in [2.24, 2.45) is 0 Å². The number of halogens is 2. The van der Waals surface area contributed by atoms with Gasteiger partial charge in [-0.05, 0) is 18.1 Å². The largest absolute Gasteiger partial charge is 0.547 e. The van der Waals surface area contributed by atoms with Crippen LogP contribution < -0.4 is 14.7 Å². The zero-order valence-electron chi connectivity index (χ0n) is 13.5. The second-order valence-corrected chi connectivity index (χ2v) is 7.48. The SMILES string of the molecule is CS(=O)(=O)NCCC(=O)NC1Cc2cc(F)c(F)c(C(=O)O)c2OB1O. The van der Waals surface area contributed by atoms with Crippen LogP contribution in [0.15, 0.2) is 6.07 Å². The van der Waals surface area contributed by atoms with Gasteiger partial charge in [-0.3, -0.25) is 4.79 Å². The lowest BCUT2D eigenvalue weighted by atomic mass is 9.72. The summed E-state index contributed by atoms with van der Waals surface area (Å²) in [4.78, 5) is 22.9. The predicted molar refractivity (Wildman–Crippen MR) is 85.0 cm³/mol. The van der Waals surface area contributed by atoms with E-state index in [4.69, 9.17) is 9.76 Å². The van der Waals surface area contributed by atoms with Crippen LogP contribution in [0.25, 0.3) is 0 Å². The first-order valence-corrected chi connectivity index (χ1v) is 9.21. The van der Waals surface area contributed by atoms with Gasteiger partial charge in [-0.2, -0.15) is 0 Å². The molecule has 0 radical (unpaired) electrons. The molecule has 0 saturated heterocycles. The van der Waals surface area contributed by atoms with Gasteiger partial charge in [-0.15, -0.1) is 0 Å². The average molecular weight is 392 g/mol. The fraction of sp³-hybridized carbons (Fsp3) is 0.385. The Kier molecular flexibility index (Phi) is 5.83. The number of aromatic carboxylic acids is 1. The second-order valence-electron chi connectivity index (χ2n) is 5.64. The minimum Gasteiger partial charge on any atom is -0.534 e. The van der Waals surface area contributed by atoms with E-state index in [1.54, 1.807) is 0 Å². The standard InChI is InChI=1S/C13H15BF2N2O7S/c1-26(23,24)17-3-2-9(19)18-8-5-6-4-7(15)11(16)10(13(20)21)12(6)25-14(8)22/h4,8,17,22H,2-3,5H2,1H3,(H,18,19)(H,20,21). The molecule has 1 aromatic rings. The fourth-order valence-corrected chi connectivity index (χ4v) is 2.90. The molecule has 2 rings (SSSR count). The summed E-state index contributed by atoms with van der Waals surface area (Å²) >= 11 is 0. The van der Waals surface area contributed by atoms with Crippen molar-refractivity contribution in [3.8, 4) is 5.75 Å². The summed E-state index contributed by atoms with van der Waals surface area (Å²) in [5, 5.41) is 21.3. The van der Waals surface area contributed by atoms with Crippen molar-refractivity contribution < 1.29 is 41.6 Å². The highest BCUT2D eigenvalue weighted by molar-refractivity contribution is 7.88. The molecule has 1 heterocycles. The van der Waals surface area contributed by atoms with E-state index in [-0.39, 0.29) is 24.9 Å². The molecular formula is C13H15BF2N2O7S. The number of carbonyl (C=O) groups is 2. The van der Waals surface area contributed by atoms with E-state index in [0.717, 1.165) is 12.3 Å². The molecule has 0 aromatic heterocycles. The topological polar surface area (TPSA) is 142 Å². The minimum atomic E-state index is -3.46. The number of amides is 1. The van der Waals surface area contributed by atoms with Crippen LogP contribution in [0.4, 0.5) is 8.78 Å². The Labute approximate surface area is 147 Å². The molecule has 0 saturated carbocycles. The Hall–Kier alpha value is -2.25. The number of hydrogen-bond acceptors (Lipinski definition) is 6. The highest BCUT2D eigenvalue weighted by atomic mass is 32.2. The lowest BCUT2D eigenvalue weighted by Gasteiger charge is -2.29. The Morgan fingerprint density at radius 1 is 1.42 bits per heavy atom. The van der Waals surface area contributed by atoms with Gasteiger partial charge in [0.2, 0.25) is 15.9 Å². The molecule has 0 fully saturated rings. The number of nitrogens with one attached hydrogen (secondary N) is 2. The molecule has 13 heteroatoms. The van der Waals surface area contributed by atoms with Gasteiger partial charge >= 0.3 is 13.1 Å². The number of fused-ring (bicyclic) bond motifs is 1. The van der Waals surface area contributed by atoms with Crippen LogP contribution in [0.5, 0.6) is 5.75 Å². The second kappa shape index (κ2) is 7.56. The number of carbonyl (C=O) groups excluding carboxylic acids is 1. The van der Waals surface area contributed by atoms with Crippen LogP contribution in [-0.4, -0.2) is 56.3 Å². The van der Waals surface area contributed by atoms with Crippen molar-refractivity contribution in [3.05, 3.63) is 28.8 Å². The Morgan fingerprint density at radius 2 is 2.08 bits per heavy atom. The van der Waals surface area contributed by atoms with E-state index < -0.39 is 57.9 Å². The molecule has 0 aliphatic carbocycles. The molecule has 1 amide bonds. The highest BCUT2D eigenvalue weighted by Crippen LogP contribution is 2.33. The van der Waals surface area contributed by atoms with E-state index in [0.29, 0.717) is 0 Å². The van der Waals surface area contributed by atoms with E-state index in [1.165, 1.54) is 0 Å². The fourth-order valence-electron chi connectivity index (χ4n) is 2.43. The van der Waals surface area contributed by atoms with Crippen LogP contribution >= 0.6 is 0 Å². The van der Waals surface area contributed by atoms with Crippen molar-refractivity contribution >= 4 is 29.0 Å². The van der Waals surface area contributed by atoms with E-state index in [2.05, 4.69) is 10.0 Å². The summed E-state index contributed by atoms with van der Waals surface area (Å²) in [5.41, 5.74) is -1.08.